The van der Waals surface area contributed by atoms with Crippen LogP contribution in [0.4, 0.5) is 0 Å². The fraction of sp³-hybridized carbons (Fsp3) is 0.714. The molecule has 0 nitrogen and oxygen atoms in total. The van der Waals surface area contributed by atoms with Crippen molar-refractivity contribution in [3.63, 3.8) is 0 Å². The molecule has 38 valence electrons. The van der Waals surface area contributed by atoms with E-state index in [2.05, 4.69) is 12.2 Å². The first-order valence-corrected chi connectivity index (χ1v) is 3.12. The van der Waals surface area contributed by atoms with Crippen LogP contribution < -0.4 is 0 Å². The van der Waals surface area contributed by atoms with Crippen LogP contribution in [-0.2, 0) is 0 Å². The quantitative estimate of drug-likeness (QED) is 0.402. The molecule has 0 amide bonds. The Morgan fingerprint density at radius 2 is 2.14 bits per heavy atom. The third-order valence-electron chi connectivity index (χ3n) is 2.15. The zero-order valence-electron chi connectivity index (χ0n) is 4.43. The lowest BCUT2D eigenvalue weighted by Gasteiger charge is -2.36. The van der Waals surface area contributed by atoms with Gasteiger partial charge in [-0.15, -0.1) is 0 Å². The first-order valence-electron chi connectivity index (χ1n) is 3.12. The molecule has 7 heavy (non-hydrogen) atoms. The minimum atomic E-state index is 0.999. The molecule has 1 saturated carbocycles. The van der Waals surface area contributed by atoms with Crippen LogP contribution in [0, 0.1) is 11.8 Å². The van der Waals surface area contributed by atoms with Gasteiger partial charge in [-0.2, -0.15) is 0 Å². The van der Waals surface area contributed by atoms with Crippen LogP contribution >= 0.6 is 0 Å². The summed E-state index contributed by atoms with van der Waals surface area (Å²) < 4.78 is 0. The molecular weight excluding hydrogens is 84.1 g/mol. The molecule has 0 N–H and O–H groups in total. The third kappa shape index (κ3) is 0.425. The molecule has 3 aliphatic carbocycles. The molecule has 3 rings (SSSR count). The Balaban J connectivity index is 2.18. The summed E-state index contributed by atoms with van der Waals surface area (Å²) in [6.07, 6.45) is 9.08. The summed E-state index contributed by atoms with van der Waals surface area (Å²) in [6, 6.07) is 0. The van der Waals surface area contributed by atoms with Crippen molar-refractivity contribution in [3.8, 4) is 0 Å². The van der Waals surface area contributed by atoms with E-state index in [4.69, 9.17) is 0 Å². The van der Waals surface area contributed by atoms with E-state index in [-0.39, 0.29) is 0 Å². The normalized spacial score (nSPS) is 45.7. The average molecular weight is 94.2 g/mol. The van der Waals surface area contributed by atoms with E-state index in [1.807, 2.05) is 0 Å². The maximum atomic E-state index is 2.38. The third-order valence-corrected chi connectivity index (χ3v) is 2.15. The highest BCUT2D eigenvalue weighted by molar-refractivity contribution is 5.03. The highest BCUT2D eigenvalue weighted by Gasteiger charge is 2.28. The second-order valence-corrected chi connectivity index (χ2v) is 2.76. The van der Waals surface area contributed by atoms with Crippen molar-refractivity contribution >= 4 is 0 Å². The van der Waals surface area contributed by atoms with Gasteiger partial charge in [-0.05, 0) is 31.1 Å². The van der Waals surface area contributed by atoms with Crippen LogP contribution in [-0.4, -0.2) is 0 Å². The molecule has 0 aromatic rings. The smallest absolute Gasteiger partial charge is 0.0228 e. The predicted molar refractivity (Wildman–Crippen MR) is 30.0 cm³/mol. The van der Waals surface area contributed by atoms with Gasteiger partial charge in [0.2, 0.25) is 0 Å². The van der Waals surface area contributed by atoms with Crippen molar-refractivity contribution in [1.29, 1.82) is 0 Å². The average Bonchev–Trinajstić information content (AvgIpc) is 1.67. The van der Waals surface area contributed by atoms with Crippen molar-refractivity contribution in [1.82, 2.24) is 0 Å². The Morgan fingerprint density at radius 1 is 1.29 bits per heavy atom. The van der Waals surface area contributed by atoms with Crippen LogP contribution in [0.15, 0.2) is 12.2 Å². The molecule has 3 aliphatic rings. The second kappa shape index (κ2) is 1.12. The lowest BCUT2D eigenvalue weighted by Crippen LogP contribution is -2.24. The summed E-state index contributed by atoms with van der Waals surface area (Å²) in [5, 5.41) is 0. The van der Waals surface area contributed by atoms with Crippen LogP contribution in [0.2, 0.25) is 0 Å². The van der Waals surface area contributed by atoms with Crippen molar-refractivity contribution in [3.05, 3.63) is 12.2 Å². The summed E-state index contributed by atoms with van der Waals surface area (Å²) in [7, 11) is 0. The van der Waals surface area contributed by atoms with Crippen LogP contribution in [0.5, 0.6) is 0 Å². The Bertz CT molecular complexity index is 96.6. The number of hydrogen-bond donors (Lipinski definition) is 0. The monoisotopic (exact) mass is 94.1 g/mol. The van der Waals surface area contributed by atoms with Gasteiger partial charge in [-0.25, -0.2) is 0 Å². The summed E-state index contributed by atoms with van der Waals surface area (Å²) in [6.45, 7) is 0. The molecule has 0 spiro atoms. The molecule has 0 aliphatic heterocycles. The molecule has 0 heteroatoms. The molecule has 0 saturated heterocycles. The van der Waals surface area contributed by atoms with Crippen LogP contribution in [0.1, 0.15) is 19.3 Å². The van der Waals surface area contributed by atoms with E-state index in [0.29, 0.717) is 0 Å². The van der Waals surface area contributed by atoms with Crippen LogP contribution in [0.25, 0.3) is 0 Å². The molecule has 0 aromatic carbocycles. The zero-order valence-corrected chi connectivity index (χ0v) is 4.43. The van der Waals surface area contributed by atoms with Crippen molar-refractivity contribution < 1.29 is 0 Å². The number of allylic oxidation sites excluding steroid dienone is 2. The fourth-order valence-corrected chi connectivity index (χ4v) is 1.60. The van der Waals surface area contributed by atoms with Gasteiger partial charge in [0.15, 0.2) is 0 Å². The standard InChI is InChI=1S/C7H10/c1-2-6-4-7(3-1)5-6/h1-2,6-7H,3-5H2. The predicted octanol–water partition coefficient (Wildman–Crippen LogP) is 1.97. The van der Waals surface area contributed by atoms with E-state index in [9.17, 15) is 0 Å². The maximum absolute atomic E-state index is 2.38. The first kappa shape index (κ1) is 3.71. The minimum absolute atomic E-state index is 0.999. The number of hydrogen-bond acceptors (Lipinski definition) is 0. The Labute approximate surface area is 44.2 Å². The molecule has 2 bridgehead atoms. The Kier molecular flexibility index (Phi) is 0.592. The van der Waals surface area contributed by atoms with Gasteiger partial charge >= 0.3 is 0 Å². The van der Waals surface area contributed by atoms with Gasteiger partial charge in [0, 0.05) is 0 Å². The summed E-state index contributed by atoms with van der Waals surface area (Å²) in [5.41, 5.74) is 0. The number of fused-ring (bicyclic) bond motifs is 1. The van der Waals surface area contributed by atoms with Gasteiger partial charge < -0.3 is 0 Å². The maximum Gasteiger partial charge on any atom is -0.0228 e. The summed E-state index contributed by atoms with van der Waals surface area (Å²) in [5.74, 6) is 2.09. The topological polar surface area (TPSA) is 0 Å². The zero-order chi connectivity index (χ0) is 4.69. The van der Waals surface area contributed by atoms with Crippen LogP contribution in [0.3, 0.4) is 0 Å². The van der Waals surface area contributed by atoms with Crippen molar-refractivity contribution in [2.45, 2.75) is 19.3 Å². The second-order valence-electron chi connectivity index (χ2n) is 2.76. The molecule has 0 aromatic heterocycles. The SMILES string of the molecule is C1=CC2CC(C1)C2. The van der Waals surface area contributed by atoms with Crippen molar-refractivity contribution in [2.24, 2.45) is 11.8 Å². The van der Waals surface area contributed by atoms with E-state index < -0.39 is 0 Å². The molecule has 0 heterocycles. The molecule has 1 fully saturated rings. The van der Waals surface area contributed by atoms with Gasteiger partial charge in [0.1, 0.15) is 0 Å². The summed E-state index contributed by atoms with van der Waals surface area (Å²) in [4.78, 5) is 0. The highest BCUT2D eigenvalue weighted by Crippen LogP contribution is 2.40. The molecule has 0 radical (unpaired) electrons. The molecule has 0 unspecified atom stereocenters. The van der Waals surface area contributed by atoms with Gasteiger partial charge in [-0.1, -0.05) is 12.2 Å². The lowest BCUT2D eigenvalue weighted by atomic mass is 9.69. The largest absolute Gasteiger partial charge is 0.0880 e. The van der Waals surface area contributed by atoms with E-state index in [1.165, 1.54) is 19.3 Å². The highest BCUT2D eigenvalue weighted by atomic mass is 14.3. The van der Waals surface area contributed by atoms with Gasteiger partial charge in [-0.3, -0.25) is 0 Å². The Morgan fingerprint density at radius 3 is 2.29 bits per heavy atom. The lowest BCUT2D eigenvalue weighted by molar-refractivity contribution is 0.225. The van der Waals surface area contributed by atoms with Gasteiger partial charge in [0.05, 0.1) is 0 Å². The fourth-order valence-electron chi connectivity index (χ4n) is 1.60. The van der Waals surface area contributed by atoms with Crippen molar-refractivity contribution in [2.75, 3.05) is 0 Å². The molecule has 0 atom stereocenters. The first-order chi connectivity index (χ1) is 3.45. The number of rotatable bonds is 0. The van der Waals surface area contributed by atoms with Gasteiger partial charge in [0.25, 0.3) is 0 Å². The molecular formula is C7H10. The van der Waals surface area contributed by atoms with E-state index in [0.717, 1.165) is 11.8 Å². The summed E-state index contributed by atoms with van der Waals surface area (Å²) >= 11 is 0. The minimum Gasteiger partial charge on any atom is -0.0880 e. The Hall–Kier alpha value is -0.260. The van der Waals surface area contributed by atoms with E-state index in [1.54, 1.807) is 0 Å². The van der Waals surface area contributed by atoms with E-state index >= 15 is 0 Å².